The molecular weight excluding hydrogens is 217 g/mol. The van der Waals surface area contributed by atoms with E-state index < -0.39 is 17.9 Å². The average Bonchev–Trinajstić information content (AvgIpc) is 2.29. The second kappa shape index (κ2) is 5.69. The number of para-hydroxylation sites is 1. The van der Waals surface area contributed by atoms with Crippen LogP contribution in [-0.4, -0.2) is 25.7 Å². The highest BCUT2D eigenvalue weighted by Crippen LogP contribution is 2.15. The van der Waals surface area contributed by atoms with Crippen molar-refractivity contribution in [1.29, 1.82) is 0 Å². The quantitative estimate of drug-likeness (QED) is 0.620. The maximum Gasteiger partial charge on any atom is 0.407 e. The molecule has 1 rings (SSSR count). The number of ether oxygens (including phenoxy) is 2. The lowest BCUT2D eigenvalue weighted by Gasteiger charge is -2.05. The topological polar surface area (TPSA) is 64.6 Å². The van der Waals surface area contributed by atoms with Crippen molar-refractivity contribution in [1.82, 2.24) is 5.32 Å². The molecule has 0 aliphatic rings. The molecule has 0 fully saturated rings. The van der Waals surface area contributed by atoms with Gasteiger partial charge >= 0.3 is 12.1 Å². The Bertz CT molecular complexity index is 394. The second-order valence-electron chi connectivity index (χ2n) is 2.75. The summed E-state index contributed by atoms with van der Waals surface area (Å²) in [6, 6.07) is 5.47. The fourth-order valence-corrected chi connectivity index (χ4v) is 0.903. The third-order valence-corrected chi connectivity index (χ3v) is 1.62. The minimum atomic E-state index is -0.782. The number of carbonyl (C=O) groups excluding carboxylic acids is 2. The molecule has 1 aromatic carbocycles. The van der Waals surface area contributed by atoms with E-state index in [1.54, 1.807) is 0 Å². The number of nitrogens with one attached hydrogen (secondary N) is 1. The monoisotopic (exact) mass is 227 g/mol. The van der Waals surface area contributed by atoms with E-state index in [-0.39, 0.29) is 12.3 Å². The summed E-state index contributed by atoms with van der Waals surface area (Å²) in [5.74, 6) is -1.61. The van der Waals surface area contributed by atoms with Crippen LogP contribution in [0.4, 0.5) is 9.18 Å². The SMILES string of the molecule is COC(=O)NCC(=O)Oc1ccccc1F. The number of rotatable bonds is 3. The van der Waals surface area contributed by atoms with Gasteiger partial charge in [0.15, 0.2) is 11.6 Å². The van der Waals surface area contributed by atoms with Crippen LogP contribution in [0.1, 0.15) is 0 Å². The van der Waals surface area contributed by atoms with Crippen LogP contribution in [0.25, 0.3) is 0 Å². The van der Waals surface area contributed by atoms with Gasteiger partial charge in [-0.1, -0.05) is 12.1 Å². The Hall–Kier alpha value is -2.11. The van der Waals surface area contributed by atoms with E-state index in [1.807, 2.05) is 0 Å². The zero-order valence-corrected chi connectivity index (χ0v) is 8.53. The van der Waals surface area contributed by atoms with Crippen molar-refractivity contribution in [3.8, 4) is 5.75 Å². The maximum absolute atomic E-state index is 13.0. The molecule has 0 atom stereocenters. The molecular formula is C10H10FNO4. The maximum atomic E-state index is 13.0. The van der Waals surface area contributed by atoms with E-state index in [1.165, 1.54) is 18.2 Å². The Kier molecular flexibility index (Phi) is 4.26. The number of carbonyl (C=O) groups is 2. The number of hydrogen-bond acceptors (Lipinski definition) is 4. The van der Waals surface area contributed by atoms with Crippen LogP contribution >= 0.6 is 0 Å². The number of halogens is 1. The van der Waals surface area contributed by atoms with Crippen molar-refractivity contribution >= 4 is 12.1 Å². The van der Waals surface area contributed by atoms with E-state index in [2.05, 4.69) is 14.8 Å². The van der Waals surface area contributed by atoms with E-state index in [9.17, 15) is 14.0 Å². The number of methoxy groups -OCH3 is 1. The summed E-state index contributed by atoms with van der Waals surface area (Å²) in [6.07, 6.45) is -0.759. The van der Waals surface area contributed by atoms with Crippen LogP contribution in [0.15, 0.2) is 24.3 Å². The molecule has 0 saturated carbocycles. The molecule has 0 heterocycles. The summed E-state index contributed by atoms with van der Waals surface area (Å²) < 4.78 is 21.9. The minimum Gasteiger partial charge on any atom is -0.453 e. The predicted molar refractivity (Wildman–Crippen MR) is 52.4 cm³/mol. The van der Waals surface area contributed by atoms with Crippen LogP contribution in [0.2, 0.25) is 0 Å². The van der Waals surface area contributed by atoms with E-state index >= 15 is 0 Å². The largest absolute Gasteiger partial charge is 0.453 e. The molecule has 1 amide bonds. The molecule has 0 aliphatic heterocycles. The molecule has 86 valence electrons. The molecule has 5 nitrogen and oxygen atoms in total. The highest BCUT2D eigenvalue weighted by Gasteiger charge is 2.09. The van der Waals surface area contributed by atoms with Crippen molar-refractivity contribution in [2.24, 2.45) is 0 Å². The molecule has 1 aromatic rings. The van der Waals surface area contributed by atoms with Crippen LogP contribution in [0.3, 0.4) is 0 Å². The van der Waals surface area contributed by atoms with Gasteiger partial charge in [0.2, 0.25) is 0 Å². The number of amides is 1. The Balaban J connectivity index is 2.46. The molecule has 0 spiro atoms. The predicted octanol–water partition coefficient (Wildman–Crippen LogP) is 1.09. The first-order valence-electron chi connectivity index (χ1n) is 4.40. The highest BCUT2D eigenvalue weighted by atomic mass is 19.1. The Morgan fingerprint density at radius 3 is 2.69 bits per heavy atom. The Morgan fingerprint density at radius 2 is 2.06 bits per heavy atom. The van der Waals surface area contributed by atoms with E-state index in [0.29, 0.717) is 0 Å². The first-order valence-corrected chi connectivity index (χ1v) is 4.40. The molecule has 0 aromatic heterocycles. The number of esters is 1. The van der Waals surface area contributed by atoms with Gasteiger partial charge in [0, 0.05) is 0 Å². The third-order valence-electron chi connectivity index (χ3n) is 1.62. The lowest BCUT2D eigenvalue weighted by molar-refractivity contribution is -0.133. The van der Waals surface area contributed by atoms with Crippen LogP contribution < -0.4 is 10.1 Å². The number of benzene rings is 1. The Labute approximate surface area is 91.2 Å². The smallest absolute Gasteiger partial charge is 0.407 e. The third kappa shape index (κ3) is 3.56. The van der Waals surface area contributed by atoms with Gasteiger partial charge < -0.3 is 14.8 Å². The first kappa shape index (κ1) is 12.0. The minimum absolute atomic E-state index is 0.181. The van der Waals surface area contributed by atoms with Gasteiger partial charge in [-0.3, -0.25) is 0 Å². The van der Waals surface area contributed by atoms with Crippen LogP contribution in [-0.2, 0) is 9.53 Å². The van der Waals surface area contributed by atoms with E-state index in [0.717, 1.165) is 13.2 Å². The molecule has 0 radical (unpaired) electrons. The van der Waals surface area contributed by atoms with Crippen LogP contribution in [0, 0.1) is 5.82 Å². The normalized spacial score (nSPS) is 9.38. The molecule has 0 unspecified atom stereocenters. The van der Waals surface area contributed by atoms with Crippen molar-refractivity contribution in [2.45, 2.75) is 0 Å². The molecule has 16 heavy (non-hydrogen) atoms. The fraction of sp³-hybridized carbons (Fsp3) is 0.200. The van der Waals surface area contributed by atoms with Gasteiger partial charge in [-0.05, 0) is 12.1 Å². The molecule has 6 heteroatoms. The number of alkyl carbamates (subject to hydrolysis) is 1. The van der Waals surface area contributed by atoms with E-state index in [4.69, 9.17) is 0 Å². The summed E-state index contributed by atoms with van der Waals surface area (Å²) in [4.78, 5) is 21.7. The standard InChI is InChI=1S/C10H10FNO4/c1-15-10(14)12-6-9(13)16-8-5-3-2-4-7(8)11/h2-5H,6H2,1H3,(H,12,14). The van der Waals surface area contributed by atoms with Crippen molar-refractivity contribution in [3.05, 3.63) is 30.1 Å². The van der Waals surface area contributed by atoms with Gasteiger partial charge in [0.1, 0.15) is 6.54 Å². The summed E-state index contributed by atoms with van der Waals surface area (Å²) >= 11 is 0. The number of hydrogen-bond donors (Lipinski definition) is 1. The van der Waals surface area contributed by atoms with Gasteiger partial charge in [-0.2, -0.15) is 0 Å². The fourth-order valence-electron chi connectivity index (χ4n) is 0.903. The molecule has 1 N–H and O–H groups in total. The van der Waals surface area contributed by atoms with Crippen molar-refractivity contribution in [3.63, 3.8) is 0 Å². The lowest BCUT2D eigenvalue weighted by atomic mass is 10.3. The summed E-state index contributed by atoms with van der Waals surface area (Å²) in [6.45, 7) is -0.388. The molecule has 0 aliphatic carbocycles. The Morgan fingerprint density at radius 1 is 1.38 bits per heavy atom. The van der Waals surface area contributed by atoms with Gasteiger partial charge in [-0.15, -0.1) is 0 Å². The average molecular weight is 227 g/mol. The van der Waals surface area contributed by atoms with Gasteiger partial charge in [0.25, 0.3) is 0 Å². The summed E-state index contributed by atoms with van der Waals surface area (Å²) in [5, 5.41) is 2.11. The van der Waals surface area contributed by atoms with Gasteiger partial charge in [0.05, 0.1) is 7.11 Å². The van der Waals surface area contributed by atoms with Gasteiger partial charge in [-0.25, -0.2) is 14.0 Å². The van der Waals surface area contributed by atoms with Crippen molar-refractivity contribution in [2.75, 3.05) is 13.7 Å². The summed E-state index contributed by atoms with van der Waals surface area (Å²) in [7, 11) is 1.16. The second-order valence-corrected chi connectivity index (χ2v) is 2.75. The van der Waals surface area contributed by atoms with Crippen molar-refractivity contribution < 1.29 is 23.5 Å². The molecule has 0 bridgehead atoms. The first-order chi connectivity index (χ1) is 7.63. The lowest BCUT2D eigenvalue weighted by Crippen LogP contribution is -2.31. The summed E-state index contributed by atoms with van der Waals surface area (Å²) in [5.41, 5.74) is 0. The molecule has 0 saturated heterocycles. The highest BCUT2D eigenvalue weighted by molar-refractivity contribution is 5.79. The zero-order chi connectivity index (χ0) is 12.0. The zero-order valence-electron chi connectivity index (χ0n) is 8.53. The van der Waals surface area contributed by atoms with Crippen LogP contribution in [0.5, 0.6) is 5.75 Å².